The third kappa shape index (κ3) is 5.15. The predicted octanol–water partition coefficient (Wildman–Crippen LogP) is 3.19. The molecule has 4 heteroatoms. The maximum atomic E-state index is 5.74. The summed E-state index contributed by atoms with van der Waals surface area (Å²) in [7, 11) is 1.80. The third-order valence-electron chi connectivity index (χ3n) is 2.57. The Morgan fingerprint density at radius 3 is 1.71 bits per heavy atom. The van der Waals surface area contributed by atoms with Crippen molar-refractivity contribution in [2.75, 3.05) is 13.7 Å². The standard InChI is InChI=1S/C10H23NO2.ClH/c1-6-10(7-2,8-3)13-11(5)12-9-4;/h6-9H2,1-5H3;1H. The van der Waals surface area contributed by atoms with E-state index in [9.17, 15) is 0 Å². The summed E-state index contributed by atoms with van der Waals surface area (Å²) in [5.41, 5.74) is -0.0517. The van der Waals surface area contributed by atoms with Gasteiger partial charge in [-0.25, -0.2) is 0 Å². The molecule has 0 aromatic carbocycles. The molecule has 0 saturated carbocycles. The molecule has 0 fully saturated rings. The molecule has 0 spiro atoms. The van der Waals surface area contributed by atoms with Crippen LogP contribution in [0.25, 0.3) is 0 Å². The molecular weight excluding hydrogens is 202 g/mol. The zero-order chi connectivity index (χ0) is 10.3. The lowest BCUT2D eigenvalue weighted by atomic mass is 9.94. The molecule has 0 radical (unpaired) electrons. The number of halogens is 1. The van der Waals surface area contributed by atoms with E-state index in [1.54, 1.807) is 7.05 Å². The highest BCUT2D eigenvalue weighted by molar-refractivity contribution is 5.85. The van der Waals surface area contributed by atoms with Crippen LogP contribution in [0, 0.1) is 0 Å². The molecule has 0 bridgehead atoms. The van der Waals surface area contributed by atoms with Crippen LogP contribution in [0.5, 0.6) is 0 Å². The minimum atomic E-state index is -0.0517. The van der Waals surface area contributed by atoms with Gasteiger partial charge in [-0.3, -0.25) is 9.68 Å². The van der Waals surface area contributed by atoms with E-state index in [0.717, 1.165) is 19.3 Å². The molecule has 88 valence electrons. The molecule has 0 saturated heterocycles. The Morgan fingerprint density at radius 1 is 1.00 bits per heavy atom. The van der Waals surface area contributed by atoms with Crippen molar-refractivity contribution in [2.24, 2.45) is 0 Å². The van der Waals surface area contributed by atoms with E-state index in [4.69, 9.17) is 9.68 Å². The molecule has 0 unspecified atom stereocenters. The van der Waals surface area contributed by atoms with Crippen LogP contribution in [0.3, 0.4) is 0 Å². The summed E-state index contributed by atoms with van der Waals surface area (Å²) in [4.78, 5) is 11.0. The van der Waals surface area contributed by atoms with E-state index >= 15 is 0 Å². The SMILES string of the molecule is CCON(C)OC(CC)(CC)CC.Cl. The average Bonchev–Trinajstić information content (AvgIpc) is 2.15. The molecule has 0 aliphatic rings. The van der Waals surface area contributed by atoms with E-state index < -0.39 is 0 Å². The lowest BCUT2D eigenvalue weighted by Gasteiger charge is -2.33. The normalized spacial score (nSPS) is 11.6. The Bertz CT molecular complexity index is 121. The smallest absolute Gasteiger partial charge is 0.0918 e. The van der Waals surface area contributed by atoms with Crippen LogP contribution >= 0.6 is 12.4 Å². The van der Waals surface area contributed by atoms with Crippen molar-refractivity contribution >= 4 is 12.4 Å². The second-order valence-electron chi connectivity index (χ2n) is 3.19. The first-order valence-electron chi connectivity index (χ1n) is 5.19. The largest absolute Gasteiger partial charge is 0.275 e. The highest BCUT2D eigenvalue weighted by atomic mass is 35.5. The Labute approximate surface area is 94.1 Å². The molecule has 0 aromatic rings. The zero-order valence-corrected chi connectivity index (χ0v) is 10.8. The van der Waals surface area contributed by atoms with Gasteiger partial charge in [-0.15, -0.1) is 12.4 Å². The molecule has 0 rings (SSSR count). The Morgan fingerprint density at radius 2 is 1.43 bits per heavy atom. The molecular formula is C10H24ClNO2. The van der Waals surface area contributed by atoms with Crippen molar-refractivity contribution < 1.29 is 9.68 Å². The summed E-state index contributed by atoms with van der Waals surface area (Å²) >= 11 is 0. The van der Waals surface area contributed by atoms with Crippen LogP contribution in [0.2, 0.25) is 0 Å². The van der Waals surface area contributed by atoms with Gasteiger partial charge in [0.2, 0.25) is 0 Å². The summed E-state index contributed by atoms with van der Waals surface area (Å²) in [6.45, 7) is 9.03. The van der Waals surface area contributed by atoms with Gasteiger partial charge < -0.3 is 0 Å². The Hall–Kier alpha value is 0.170. The summed E-state index contributed by atoms with van der Waals surface area (Å²) in [5, 5.41) is 1.48. The first-order valence-corrected chi connectivity index (χ1v) is 5.19. The van der Waals surface area contributed by atoms with E-state index in [0.29, 0.717) is 6.61 Å². The third-order valence-corrected chi connectivity index (χ3v) is 2.57. The van der Waals surface area contributed by atoms with Crippen LogP contribution in [0.4, 0.5) is 0 Å². The molecule has 0 aliphatic heterocycles. The number of hydroxylamine groups is 2. The molecule has 0 aliphatic carbocycles. The lowest BCUT2D eigenvalue weighted by Crippen LogP contribution is -2.37. The van der Waals surface area contributed by atoms with Gasteiger partial charge in [0.25, 0.3) is 0 Å². The fraction of sp³-hybridized carbons (Fsp3) is 1.00. The molecule has 0 heterocycles. The van der Waals surface area contributed by atoms with E-state index in [-0.39, 0.29) is 18.0 Å². The first kappa shape index (κ1) is 16.6. The van der Waals surface area contributed by atoms with Gasteiger partial charge in [0, 0.05) is 7.05 Å². The van der Waals surface area contributed by atoms with Crippen LogP contribution in [0.1, 0.15) is 47.0 Å². The van der Waals surface area contributed by atoms with Crippen LogP contribution in [0.15, 0.2) is 0 Å². The van der Waals surface area contributed by atoms with E-state index in [2.05, 4.69) is 20.8 Å². The first-order chi connectivity index (χ1) is 6.14. The molecule has 14 heavy (non-hydrogen) atoms. The van der Waals surface area contributed by atoms with Crippen molar-refractivity contribution in [1.82, 2.24) is 5.23 Å². The highest BCUT2D eigenvalue weighted by Crippen LogP contribution is 2.25. The molecule has 0 aromatic heterocycles. The van der Waals surface area contributed by atoms with Gasteiger partial charge in [0.1, 0.15) is 0 Å². The number of rotatable bonds is 7. The summed E-state index contributed by atoms with van der Waals surface area (Å²) in [5.74, 6) is 0. The van der Waals surface area contributed by atoms with Crippen molar-refractivity contribution in [3.63, 3.8) is 0 Å². The number of nitrogens with zero attached hydrogens (tertiary/aromatic N) is 1. The minimum absolute atomic E-state index is 0. The Balaban J connectivity index is 0. The monoisotopic (exact) mass is 225 g/mol. The molecule has 0 atom stereocenters. The fourth-order valence-corrected chi connectivity index (χ4v) is 1.42. The molecule has 3 nitrogen and oxygen atoms in total. The topological polar surface area (TPSA) is 21.7 Å². The minimum Gasteiger partial charge on any atom is -0.275 e. The zero-order valence-electron chi connectivity index (χ0n) is 10.0. The average molecular weight is 226 g/mol. The predicted molar refractivity (Wildman–Crippen MR) is 61.3 cm³/mol. The number of hydrogen-bond acceptors (Lipinski definition) is 3. The van der Waals surface area contributed by atoms with Crippen molar-refractivity contribution in [1.29, 1.82) is 0 Å². The van der Waals surface area contributed by atoms with Crippen molar-refractivity contribution in [2.45, 2.75) is 52.6 Å². The second-order valence-corrected chi connectivity index (χ2v) is 3.19. The quantitative estimate of drug-likeness (QED) is 0.622. The summed E-state index contributed by atoms with van der Waals surface area (Å²) in [6, 6.07) is 0. The maximum Gasteiger partial charge on any atom is 0.0918 e. The van der Waals surface area contributed by atoms with E-state index in [1.165, 1.54) is 5.23 Å². The van der Waals surface area contributed by atoms with Gasteiger partial charge in [-0.05, 0) is 26.2 Å². The van der Waals surface area contributed by atoms with Gasteiger partial charge in [0.05, 0.1) is 12.2 Å². The van der Waals surface area contributed by atoms with Crippen LogP contribution in [-0.2, 0) is 9.68 Å². The van der Waals surface area contributed by atoms with Gasteiger partial charge in [-0.1, -0.05) is 26.0 Å². The fourth-order valence-electron chi connectivity index (χ4n) is 1.42. The van der Waals surface area contributed by atoms with Crippen molar-refractivity contribution in [3.05, 3.63) is 0 Å². The summed E-state index contributed by atoms with van der Waals surface area (Å²) < 4.78 is 0. The van der Waals surface area contributed by atoms with Gasteiger partial charge in [0.15, 0.2) is 0 Å². The van der Waals surface area contributed by atoms with E-state index in [1.807, 2.05) is 6.92 Å². The Kier molecular flexibility index (Phi) is 10.0. The van der Waals surface area contributed by atoms with Gasteiger partial charge in [-0.2, -0.15) is 0 Å². The maximum absolute atomic E-state index is 5.74. The lowest BCUT2D eigenvalue weighted by molar-refractivity contribution is -0.396. The van der Waals surface area contributed by atoms with Crippen LogP contribution in [-0.4, -0.2) is 24.5 Å². The molecule has 0 amide bonds. The second kappa shape index (κ2) is 8.48. The summed E-state index contributed by atoms with van der Waals surface area (Å²) in [6.07, 6.45) is 3.03. The number of hydrogen-bond donors (Lipinski definition) is 0. The molecule has 0 N–H and O–H groups in total. The van der Waals surface area contributed by atoms with Crippen molar-refractivity contribution in [3.8, 4) is 0 Å². The highest BCUT2D eigenvalue weighted by Gasteiger charge is 2.27. The van der Waals surface area contributed by atoms with Crippen LogP contribution < -0.4 is 0 Å². The van der Waals surface area contributed by atoms with Gasteiger partial charge >= 0.3 is 0 Å².